The highest BCUT2D eigenvalue weighted by Crippen LogP contribution is 2.04. The minimum atomic E-state index is -0.0439. The molecule has 1 atom stereocenters. The summed E-state index contributed by atoms with van der Waals surface area (Å²) in [5.74, 6) is 0.725. The van der Waals surface area contributed by atoms with Crippen LogP contribution in [0.1, 0.15) is 24.1 Å². The van der Waals surface area contributed by atoms with Gasteiger partial charge in [0.2, 0.25) is 0 Å². The predicted molar refractivity (Wildman–Crippen MR) is 52.9 cm³/mol. The average molecular weight is 196 g/mol. The second-order valence-electron chi connectivity index (χ2n) is 3.33. The zero-order valence-electron chi connectivity index (χ0n) is 8.82. The van der Waals surface area contributed by atoms with Crippen LogP contribution in [-0.2, 0) is 17.8 Å². The maximum Gasteiger partial charge on any atom is 0.131 e. The highest BCUT2D eigenvalue weighted by Gasteiger charge is 2.06. The first-order chi connectivity index (χ1) is 6.65. The van der Waals surface area contributed by atoms with Crippen LogP contribution in [0.5, 0.6) is 0 Å². The molecule has 0 aliphatic heterocycles. The van der Waals surface area contributed by atoms with E-state index in [4.69, 9.17) is 9.84 Å². The van der Waals surface area contributed by atoms with Crippen LogP contribution in [0.3, 0.4) is 0 Å². The number of aryl methyl sites for hydroxylation is 1. The molecule has 1 aromatic heterocycles. The molecule has 1 unspecified atom stereocenters. The maximum atomic E-state index is 8.96. The molecule has 0 spiro atoms. The lowest BCUT2D eigenvalue weighted by molar-refractivity contribution is 0.117. The first kappa shape index (κ1) is 11.1. The van der Waals surface area contributed by atoms with Crippen LogP contribution in [0.2, 0.25) is 0 Å². The average Bonchev–Trinajstić information content (AvgIpc) is 2.16. The summed E-state index contributed by atoms with van der Waals surface area (Å²) >= 11 is 0. The lowest BCUT2D eigenvalue weighted by Gasteiger charge is -2.09. The van der Waals surface area contributed by atoms with Crippen molar-refractivity contribution in [2.45, 2.75) is 33.0 Å². The number of aliphatic hydroxyl groups is 1. The SMILES string of the molecule is COC(C)Cc1nc(C)cc(CO)n1. The van der Waals surface area contributed by atoms with Gasteiger partial charge in [0.05, 0.1) is 18.4 Å². The first-order valence-electron chi connectivity index (χ1n) is 4.62. The lowest BCUT2D eigenvalue weighted by Crippen LogP contribution is -2.12. The summed E-state index contributed by atoms with van der Waals surface area (Å²) in [6.45, 7) is 3.81. The molecule has 1 rings (SSSR count). The van der Waals surface area contributed by atoms with Crippen molar-refractivity contribution < 1.29 is 9.84 Å². The number of rotatable bonds is 4. The number of aliphatic hydroxyl groups excluding tert-OH is 1. The molecule has 0 saturated heterocycles. The summed E-state index contributed by atoms with van der Waals surface area (Å²) in [6.07, 6.45) is 0.772. The number of hydrogen-bond donors (Lipinski definition) is 1. The lowest BCUT2D eigenvalue weighted by atomic mass is 10.2. The van der Waals surface area contributed by atoms with Gasteiger partial charge in [0.1, 0.15) is 5.82 Å². The summed E-state index contributed by atoms with van der Waals surface area (Å²) in [6, 6.07) is 1.78. The van der Waals surface area contributed by atoms with Crippen molar-refractivity contribution in [1.29, 1.82) is 0 Å². The van der Waals surface area contributed by atoms with Gasteiger partial charge in [-0.2, -0.15) is 0 Å². The van der Waals surface area contributed by atoms with Crippen LogP contribution < -0.4 is 0 Å². The second kappa shape index (κ2) is 5.02. The molecule has 0 amide bonds. The fraction of sp³-hybridized carbons (Fsp3) is 0.600. The van der Waals surface area contributed by atoms with Crippen molar-refractivity contribution in [3.8, 4) is 0 Å². The topological polar surface area (TPSA) is 55.2 Å². The quantitative estimate of drug-likeness (QED) is 0.775. The third-order valence-electron chi connectivity index (χ3n) is 1.99. The van der Waals surface area contributed by atoms with Crippen molar-refractivity contribution in [3.63, 3.8) is 0 Å². The second-order valence-corrected chi connectivity index (χ2v) is 3.33. The molecule has 78 valence electrons. The molecular formula is C10H16N2O2. The third-order valence-corrected chi connectivity index (χ3v) is 1.99. The van der Waals surface area contributed by atoms with E-state index >= 15 is 0 Å². The molecule has 4 heteroatoms. The van der Waals surface area contributed by atoms with E-state index in [9.17, 15) is 0 Å². The van der Waals surface area contributed by atoms with Crippen LogP contribution in [0, 0.1) is 6.92 Å². The van der Waals surface area contributed by atoms with E-state index in [0.29, 0.717) is 12.1 Å². The van der Waals surface area contributed by atoms with E-state index in [0.717, 1.165) is 11.5 Å². The van der Waals surface area contributed by atoms with E-state index in [-0.39, 0.29) is 12.7 Å². The van der Waals surface area contributed by atoms with Gasteiger partial charge in [0.25, 0.3) is 0 Å². The van der Waals surface area contributed by atoms with Crippen LogP contribution in [-0.4, -0.2) is 28.3 Å². The van der Waals surface area contributed by atoms with Crippen LogP contribution >= 0.6 is 0 Å². The molecule has 1 heterocycles. The smallest absolute Gasteiger partial charge is 0.131 e. The highest BCUT2D eigenvalue weighted by molar-refractivity contribution is 5.09. The number of methoxy groups -OCH3 is 1. The molecule has 0 aliphatic carbocycles. The zero-order valence-corrected chi connectivity index (χ0v) is 8.82. The van der Waals surface area contributed by atoms with Gasteiger partial charge >= 0.3 is 0 Å². The van der Waals surface area contributed by atoms with Crippen molar-refractivity contribution >= 4 is 0 Å². The van der Waals surface area contributed by atoms with Gasteiger partial charge in [0.15, 0.2) is 0 Å². The van der Waals surface area contributed by atoms with Gasteiger partial charge in [-0.1, -0.05) is 0 Å². The zero-order chi connectivity index (χ0) is 10.6. The minimum absolute atomic E-state index is 0.0439. The summed E-state index contributed by atoms with van der Waals surface area (Å²) in [5, 5.41) is 8.96. The van der Waals surface area contributed by atoms with Crippen molar-refractivity contribution in [1.82, 2.24) is 9.97 Å². The van der Waals surface area contributed by atoms with E-state index in [1.165, 1.54) is 0 Å². The molecule has 4 nitrogen and oxygen atoms in total. The van der Waals surface area contributed by atoms with Crippen molar-refractivity contribution in [2.75, 3.05) is 7.11 Å². The summed E-state index contributed by atoms with van der Waals surface area (Å²) in [4.78, 5) is 8.47. The van der Waals surface area contributed by atoms with Gasteiger partial charge in [-0.05, 0) is 19.9 Å². The monoisotopic (exact) mass is 196 g/mol. The van der Waals surface area contributed by atoms with E-state index < -0.39 is 0 Å². The van der Waals surface area contributed by atoms with Crippen molar-refractivity contribution in [3.05, 3.63) is 23.3 Å². The Bertz CT molecular complexity index is 302. The third kappa shape index (κ3) is 3.05. The van der Waals surface area contributed by atoms with Gasteiger partial charge in [-0.25, -0.2) is 9.97 Å². The van der Waals surface area contributed by atoms with E-state index in [2.05, 4.69) is 9.97 Å². The Labute approximate surface area is 84.0 Å². The number of aromatic nitrogens is 2. The standard InChI is InChI=1S/C10H16N2O2/c1-7-4-9(6-13)12-10(11-7)5-8(2)14-3/h4,8,13H,5-6H2,1-3H3. The van der Waals surface area contributed by atoms with Crippen molar-refractivity contribution in [2.24, 2.45) is 0 Å². The highest BCUT2D eigenvalue weighted by atomic mass is 16.5. The summed E-state index contributed by atoms with van der Waals surface area (Å²) in [5.41, 5.74) is 1.54. The molecule has 1 N–H and O–H groups in total. The summed E-state index contributed by atoms with van der Waals surface area (Å²) in [7, 11) is 1.66. The fourth-order valence-corrected chi connectivity index (χ4v) is 1.21. The molecule has 0 aliphatic rings. The Morgan fingerprint density at radius 3 is 2.79 bits per heavy atom. The summed E-state index contributed by atoms with van der Waals surface area (Å²) < 4.78 is 5.12. The Balaban J connectivity index is 2.81. The van der Waals surface area contributed by atoms with Gasteiger partial charge in [0, 0.05) is 19.2 Å². The molecule has 0 aromatic carbocycles. The first-order valence-corrected chi connectivity index (χ1v) is 4.62. The predicted octanol–water partition coefficient (Wildman–Crippen LogP) is 0.855. The number of nitrogens with zero attached hydrogens (tertiary/aromatic N) is 2. The molecule has 1 aromatic rings. The van der Waals surface area contributed by atoms with E-state index in [1.54, 1.807) is 13.2 Å². The van der Waals surface area contributed by atoms with Gasteiger partial charge < -0.3 is 9.84 Å². The normalized spacial score (nSPS) is 12.9. The molecule has 0 fully saturated rings. The number of ether oxygens (including phenoxy) is 1. The van der Waals surface area contributed by atoms with Gasteiger partial charge in [-0.15, -0.1) is 0 Å². The Morgan fingerprint density at radius 1 is 1.50 bits per heavy atom. The molecule has 14 heavy (non-hydrogen) atoms. The van der Waals surface area contributed by atoms with Crippen LogP contribution in [0.4, 0.5) is 0 Å². The van der Waals surface area contributed by atoms with Crippen LogP contribution in [0.25, 0.3) is 0 Å². The van der Waals surface area contributed by atoms with Crippen LogP contribution in [0.15, 0.2) is 6.07 Å². The van der Waals surface area contributed by atoms with Gasteiger partial charge in [-0.3, -0.25) is 0 Å². The molecule has 0 bridgehead atoms. The minimum Gasteiger partial charge on any atom is -0.390 e. The molecule has 0 saturated carbocycles. The number of hydrogen-bond acceptors (Lipinski definition) is 4. The molecule has 0 radical (unpaired) electrons. The Morgan fingerprint density at radius 2 is 2.21 bits per heavy atom. The fourth-order valence-electron chi connectivity index (χ4n) is 1.21. The van der Waals surface area contributed by atoms with E-state index in [1.807, 2.05) is 13.8 Å². The Hall–Kier alpha value is -1.00. The maximum absolute atomic E-state index is 8.96. The largest absolute Gasteiger partial charge is 0.390 e. The molecular weight excluding hydrogens is 180 g/mol. The Kier molecular flexibility index (Phi) is 3.98.